The van der Waals surface area contributed by atoms with Gasteiger partial charge in [-0.2, -0.15) is 0 Å². The van der Waals surface area contributed by atoms with E-state index in [2.05, 4.69) is 20.2 Å². The van der Waals surface area contributed by atoms with E-state index in [0.717, 1.165) is 6.07 Å². The Morgan fingerprint density at radius 3 is 2.62 bits per heavy atom. The molecule has 0 saturated carbocycles. The minimum Gasteiger partial charge on any atom is -0.345 e. The van der Waals surface area contributed by atoms with Crippen molar-refractivity contribution in [2.75, 3.05) is 4.72 Å². The van der Waals surface area contributed by atoms with E-state index >= 15 is 0 Å². The molecule has 0 aliphatic carbocycles. The predicted octanol–water partition coefficient (Wildman–Crippen LogP) is 2.37. The lowest BCUT2D eigenvalue weighted by Gasteiger charge is -2.12. The van der Waals surface area contributed by atoms with E-state index in [1.54, 1.807) is 34.9 Å². The summed E-state index contributed by atoms with van der Waals surface area (Å²) < 4.78 is 29.6. The molecule has 2 aromatic carbocycles. The average molecular weight is 452 g/mol. The van der Waals surface area contributed by atoms with E-state index < -0.39 is 20.9 Å². The number of non-ortho nitro benzene ring substituents is 1. The Kier molecular flexibility index (Phi) is 5.52. The molecule has 0 fully saturated rings. The van der Waals surface area contributed by atoms with Gasteiger partial charge in [-0.3, -0.25) is 24.0 Å². The van der Waals surface area contributed by atoms with Crippen molar-refractivity contribution >= 4 is 33.0 Å². The fourth-order valence-electron chi connectivity index (χ4n) is 3.00. The smallest absolute Gasteiger partial charge is 0.270 e. The van der Waals surface area contributed by atoms with Gasteiger partial charge in [0, 0.05) is 18.3 Å². The lowest BCUT2D eigenvalue weighted by molar-refractivity contribution is -0.385. The van der Waals surface area contributed by atoms with Crippen LogP contribution in [0.5, 0.6) is 0 Å². The van der Waals surface area contributed by atoms with Crippen molar-refractivity contribution < 1.29 is 18.1 Å². The Labute approximate surface area is 181 Å². The van der Waals surface area contributed by atoms with Gasteiger partial charge >= 0.3 is 0 Å². The maximum atomic E-state index is 12.8. The van der Waals surface area contributed by atoms with Gasteiger partial charge in [-0.1, -0.05) is 24.3 Å². The highest BCUT2D eigenvalue weighted by molar-refractivity contribution is 7.92. The van der Waals surface area contributed by atoms with Crippen LogP contribution in [0.3, 0.4) is 0 Å². The second kappa shape index (κ2) is 8.43. The summed E-state index contributed by atoms with van der Waals surface area (Å²) >= 11 is 0. The molecule has 0 bridgehead atoms. The molecule has 2 aromatic heterocycles. The lowest BCUT2D eigenvalue weighted by Crippen LogP contribution is -2.25. The number of carbonyl (C=O) groups is 1. The molecule has 0 unspecified atom stereocenters. The summed E-state index contributed by atoms with van der Waals surface area (Å²) in [6.45, 7) is 0.0655. The fourth-order valence-corrected chi connectivity index (χ4v) is 4.12. The summed E-state index contributed by atoms with van der Waals surface area (Å²) in [7, 11) is -4.17. The number of hydrogen-bond donors (Lipinski definition) is 2. The first kappa shape index (κ1) is 20.9. The van der Waals surface area contributed by atoms with E-state index in [0.29, 0.717) is 11.5 Å². The van der Waals surface area contributed by atoms with Gasteiger partial charge in [0.2, 0.25) is 0 Å². The first-order valence-corrected chi connectivity index (χ1v) is 10.8. The number of nitro benzene ring substituents is 1. The van der Waals surface area contributed by atoms with Gasteiger partial charge < -0.3 is 5.32 Å². The molecule has 0 spiro atoms. The number of carbonyl (C=O) groups excluding carboxylic acids is 1. The van der Waals surface area contributed by atoms with Crippen molar-refractivity contribution in [3.63, 3.8) is 0 Å². The number of sulfonamides is 1. The molecule has 162 valence electrons. The number of benzene rings is 2. The molecule has 0 aliphatic rings. The van der Waals surface area contributed by atoms with Crippen LogP contribution in [0.1, 0.15) is 16.2 Å². The second-order valence-electron chi connectivity index (χ2n) is 6.63. The van der Waals surface area contributed by atoms with Crippen LogP contribution in [-0.2, 0) is 16.6 Å². The molecular formula is C20H16N6O5S. The van der Waals surface area contributed by atoms with Crippen LogP contribution >= 0.6 is 0 Å². The van der Waals surface area contributed by atoms with Gasteiger partial charge in [0.1, 0.15) is 0 Å². The number of pyridine rings is 1. The number of hydrogen-bond acceptors (Lipinski definition) is 7. The first-order valence-electron chi connectivity index (χ1n) is 9.28. The highest BCUT2D eigenvalue weighted by Gasteiger charge is 2.21. The van der Waals surface area contributed by atoms with Gasteiger partial charge in [-0.05, 0) is 30.3 Å². The van der Waals surface area contributed by atoms with Crippen molar-refractivity contribution in [1.82, 2.24) is 19.9 Å². The maximum absolute atomic E-state index is 12.8. The van der Waals surface area contributed by atoms with Crippen LogP contribution in [0.2, 0.25) is 0 Å². The first-order chi connectivity index (χ1) is 15.3. The van der Waals surface area contributed by atoms with Crippen molar-refractivity contribution in [2.45, 2.75) is 11.4 Å². The molecule has 0 atom stereocenters. The minimum atomic E-state index is -4.17. The largest absolute Gasteiger partial charge is 0.345 e. The third kappa shape index (κ3) is 4.25. The quantitative estimate of drug-likeness (QED) is 0.323. The number of nitro groups is 1. The molecule has 2 heterocycles. The summed E-state index contributed by atoms with van der Waals surface area (Å²) in [5.74, 6) is -0.0290. The van der Waals surface area contributed by atoms with Crippen molar-refractivity contribution in [1.29, 1.82) is 0 Å². The number of nitrogens with zero attached hydrogens (tertiary/aromatic N) is 4. The number of anilines is 1. The standard InChI is InChI=1S/C20H16N6O5S/c27-20(21-13-19-23-22-18-10-3-4-11-25(18)19)16-8-1-2-9-17(16)24-32(30,31)15-7-5-6-14(12-15)26(28)29/h1-12,24H,13H2,(H,21,27). The van der Waals surface area contributed by atoms with E-state index in [1.165, 1.54) is 30.3 Å². The number of nitrogens with one attached hydrogen (secondary N) is 2. The van der Waals surface area contributed by atoms with Crippen molar-refractivity contribution in [3.05, 3.63) is 94.4 Å². The van der Waals surface area contributed by atoms with Gasteiger partial charge in [-0.15, -0.1) is 10.2 Å². The third-order valence-corrected chi connectivity index (χ3v) is 5.91. The number of aromatic nitrogens is 3. The number of para-hydroxylation sites is 1. The number of fused-ring (bicyclic) bond motifs is 1. The van der Waals surface area contributed by atoms with E-state index in [4.69, 9.17) is 0 Å². The normalized spacial score (nSPS) is 11.2. The molecule has 4 rings (SSSR count). The molecule has 1 amide bonds. The zero-order valence-corrected chi connectivity index (χ0v) is 17.2. The number of rotatable bonds is 7. The molecule has 12 heteroatoms. The third-order valence-electron chi connectivity index (χ3n) is 4.55. The van der Waals surface area contributed by atoms with Crippen LogP contribution < -0.4 is 10.0 Å². The maximum Gasteiger partial charge on any atom is 0.270 e. The topological polar surface area (TPSA) is 149 Å². The van der Waals surface area contributed by atoms with Crippen LogP contribution in [0, 0.1) is 10.1 Å². The van der Waals surface area contributed by atoms with Crippen LogP contribution in [0.25, 0.3) is 5.65 Å². The Morgan fingerprint density at radius 2 is 1.81 bits per heavy atom. The summed E-state index contributed by atoms with van der Waals surface area (Å²) in [6.07, 6.45) is 1.76. The molecule has 11 nitrogen and oxygen atoms in total. The summed E-state index contributed by atoms with van der Waals surface area (Å²) in [5, 5.41) is 21.7. The van der Waals surface area contributed by atoms with Crippen LogP contribution in [0.4, 0.5) is 11.4 Å². The molecule has 0 saturated heterocycles. The van der Waals surface area contributed by atoms with Gasteiger partial charge in [0.25, 0.3) is 21.6 Å². The van der Waals surface area contributed by atoms with Gasteiger partial charge in [0.05, 0.1) is 27.6 Å². The fraction of sp³-hybridized carbons (Fsp3) is 0.0500. The van der Waals surface area contributed by atoms with Crippen molar-refractivity contribution in [3.8, 4) is 0 Å². The Balaban J connectivity index is 1.55. The minimum absolute atomic E-state index is 0.0302. The zero-order valence-electron chi connectivity index (χ0n) is 16.4. The second-order valence-corrected chi connectivity index (χ2v) is 8.32. The van der Waals surface area contributed by atoms with Crippen LogP contribution in [0.15, 0.2) is 77.8 Å². The molecule has 2 N–H and O–H groups in total. The van der Waals surface area contributed by atoms with E-state index in [1.807, 2.05) is 6.07 Å². The molecule has 0 radical (unpaired) electrons. The average Bonchev–Trinajstić information content (AvgIpc) is 3.21. The number of amides is 1. The monoisotopic (exact) mass is 452 g/mol. The molecule has 0 aliphatic heterocycles. The highest BCUT2D eigenvalue weighted by atomic mass is 32.2. The Morgan fingerprint density at radius 1 is 1.03 bits per heavy atom. The summed E-state index contributed by atoms with van der Waals surface area (Å²) in [6, 6.07) is 16.1. The SMILES string of the molecule is O=C(NCc1nnc2ccccn12)c1ccccc1NS(=O)(=O)c1cccc([N+](=O)[O-])c1. The van der Waals surface area contributed by atoms with Crippen LogP contribution in [-0.4, -0.2) is 33.8 Å². The van der Waals surface area contributed by atoms with E-state index in [9.17, 15) is 23.3 Å². The Hall–Kier alpha value is -4.32. The zero-order chi connectivity index (χ0) is 22.7. The molecule has 32 heavy (non-hydrogen) atoms. The van der Waals surface area contributed by atoms with Gasteiger partial charge in [0.15, 0.2) is 11.5 Å². The van der Waals surface area contributed by atoms with Crippen molar-refractivity contribution in [2.24, 2.45) is 0 Å². The van der Waals surface area contributed by atoms with Gasteiger partial charge in [-0.25, -0.2) is 8.42 Å². The predicted molar refractivity (Wildman–Crippen MR) is 115 cm³/mol. The molecular weight excluding hydrogens is 436 g/mol. The summed E-state index contributed by atoms with van der Waals surface area (Å²) in [4.78, 5) is 22.7. The summed E-state index contributed by atoms with van der Waals surface area (Å²) in [5.41, 5.74) is 0.374. The van der Waals surface area contributed by atoms with E-state index in [-0.39, 0.29) is 28.4 Å². The highest BCUT2D eigenvalue weighted by Crippen LogP contribution is 2.23. The lowest BCUT2D eigenvalue weighted by atomic mass is 10.1. The molecule has 4 aromatic rings. The Bertz CT molecular complexity index is 1430.